The molecular weight excluding hydrogens is 164 g/mol. The fraction of sp³-hybridized carbons (Fsp3) is 1.00. The Morgan fingerprint density at radius 3 is 2.54 bits per heavy atom. The molecule has 0 heterocycles. The van der Waals surface area contributed by atoms with Gasteiger partial charge >= 0.3 is 0 Å². The van der Waals surface area contributed by atoms with Gasteiger partial charge in [0, 0.05) is 25.2 Å². The first kappa shape index (κ1) is 11.0. The van der Waals surface area contributed by atoms with Crippen molar-refractivity contribution in [2.75, 3.05) is 13.7 Å². The summed E-state index contributed by atoms with van der Waals surface area (Å²) in [7, 11) is 1.75. The highest BCUT2D eigenvalue weighted by Gasteiger charge is 2.19. The van der Waals surface area contributed by atoms with Crippen molar-refractivity contribution in [3.8, 4) is 0 Å². The van der Waals surface area contributed by atoms with E-state index < -0.39 is 0 Å². The number of nitrogens with two attached hydrogens (primary N) is 1. The molecule has 0 unspecified atom stereocenters. The Hall–Kier alpha value is -0.120. The Labute approximate surface area is 81.0 Å². The van der Waals surface area contributed by atoms with Crippen LogP contribution in [0.4, 0.5) is 0 Å². The number of methoxy groups -OCH3 is 1. The molecule has 1 aliphatic carbocycles. The van der Waals surface area contributed by atoms with Crippen LogP contribution in [-0.2, 0) is 4.74 Å². The molecule has 1 aliphatic rings. The summed E-state index contributed by atoms with van der Waals surface area (Å²) in [5.74, 6) is 0. The standard InChI is InChI=1S/C10H22N2O/c1-8(7-13-2)12-10-5-3-9(11)4-6-10/h8-10,12H,3-7,11H2,1-2H3/t8-,9?,10?/m1/s1. The smallest absolute Gasteiger partial charge is 0.0613 e. The maximum absolute atomic E-state index is 5.83. The normalized spacial score (nSPS) is 31.6. The Morgan fingerprint density at radius 2 is 2.00 bits per heavy atom. The minimum absolute atomic E-state index is 0.441. The van der Waals surface area contributed by atoms with E-state index in [0.29, 0.717) is 18.1 Å². The Kier molecular flexibility index (Phi) is 4.70. The number of rotatable bonds is 4. The molecular formula is C10H22N2O. The molecule has 0 aromatic heterocycles. The van der Waals surface area contributed by atoms with E-state index >= 15 is 0 Å². The summed E-state index contributed by atoms with van der Waals surface area (Å²) in [4.78, 5) is 0. The average Bonchev–Trinajstić information content (AvgIpc) is 2.09. The molecule has 1 saturated carbocycles. The molecule has 0 bridgehead atoms. The molecule has 1 rings (SSSR count). The van der Waals surface area contributed by atoms with Crippen molar-refractivity contribution in [3.05, 3.63) is 0 Å². The summed E-state index contributed by atoms with van der Waals surface area (Å²) in [5, 5.41) is 3.56. The zero-order valence-corrected chi connectivity index (χ0v) is 8.75. The number of nitrogens with one attached hydrogen (secondary N) is 1. The summed E-state index contributed by atoms with van der Waals surface area (Å²) in [6.45, 7) is 2.96. The minimum Gasteiger partial charge on any atom is -0.383 e. The highest BCUT2D eigenvalue weighted by Crippen LogP contribution is 2.17. The van der Waals surface area contributed by atoms with Gasteiger partial charge in [0.15, 0.2) is 0 Å². The van der Waals surface area contributed by atoms with E-state index in [4.69, 9.17) is 10.5 Å². The highest BCUT2D eigenvalue weighted by atomic mass is 16.5. The molecule has 0 radical (unpaired) electrons. The van der Waals surface area contributed by atoms with Crippen LogP contribution in [0.25, 0.3) is 0 Å². The Bertz CT molecular complexity index is 133. The van der Waals surface area contributed by atoms with Crippen LogP contribution in [0.3, 0.4) is 0 Å². The van der Waals surface area contributed by atoms with Crippen molar-refractivity contribution < 1.29 is 4.74 Å². The van der Waals surface area contributed by atoms with Crippen molar-refractivity contribution in [3.63, 3.8) is 0 Å². The van der Waals surface area contributed by atoms with Gasteiger partial charge in [-0.15, -0.1) is 0 Å². The van der Waals surface area contributed by atoms with Crippen molar-refractivity contribution in [2.45, 2.75) is 50.7 Å². The van der Waals surface area contributed by atoms with Crippen molar-refractivity contribution in [2.24, 2.45) is 5.73 Å². The minimum atomic E-state index is 0.441. The first-order chi connectivity index (χ1) is 6.22. The highest BCUT2D eigenvalue weighted by molar-refractivity contribution is 4.80. The van der Waals surface area contributed by atoms with Gasteiger partial charge in [0.2, 0.25) is 0 Å². The van der Waals surface area contributed by atoms with Crippen LogP contribution in [0.2, 0.25) is 0 Å². The first-order valence-corrected chi connectivity index (χ1v) is 5.23. The summed E-state index contributed by atoms with van der Waals surface area (Å²) in [5.41, 5.74) is 5.83. The van der Waals surface area contributed by atoms with Crippen molar-refractivity contribution in [1.29, 1.82) is 0 Å². The maximum atomic E-state index is 5.83. The van der Waals surface area contributed by atoms with Gasteiger partial charge in [-0.2, -0.15) is 0 Å². The fourth-order valence-electron chi connectivity index (χ4n) is 1.99. The fourth-order valence-corrected chi connectivity index (χ4v) is 1.99. The van der Waals surface area contributed by atoms with E-state index in [9.17, 15) is 0 Å². The van der Waals surface area contributed by atoms with Gasteiger partial charge in [0.1, 0.15) is 0 Å². The molecule has 1 atom stereocenters. The van der Waals surface area contributed by atoms with E-state index in [1.165, 1.54) is 12.8 Å². The molecule has 0 aliphatic heterocycles. The lowest BCUT2D eigenvalue weighted by atomic mass is 9.91. The Morgan fingerprint density at radius 1 is 1.38 bits per heavy atom. The topological polar surface area (TPSA) is 47.3 Å². The zero-order valence-electron chi connectivity index (χ0n) is 8.75. The summed E-state index contributed by atoms with van der Waals surface area (Å²) < 4.78 is 5.08. The van der Waals surface area contributed by atoms with E-state index in [1.807, 2.05) is 0 Å². The molecule has 0 aromatic carbocycles. The predicted octanol–water partition coefficient (Wildman–Crippen LogP) is 0.881. The molecule has 3 heteroatoms. The van der Waals surface area contributed by atoms with E-state index in [2.05, 4.69) is 12.2 Å². The monoisotopic (exact) mass is 186 g/mol. The summed E-state index contributed by atoms with van der Waals surface area (Å²) >= 11 is 0. The number of ether oxygens (including phenoxy) is 1. The third kappa shape index (κ3) is 4.07. The van der Waals surface area contributed by atoms with E-state index in [1.54, 1.807) is 7.11 Å². The second-order valence-corrected chi connectivity index (χ2v) is 4.13. The molecule has 0 saturated heterocycles. The second-order valence-electron chi connectivity index (χ2n) is 4.13. The summed E-state index contributed by atoms with van der Waals surface area (Å²) in [6.07, 6.45) is 4.76. The molecule has 13 heavy (non-hydrogen) atoms. The molecule has 3 nitrogen and oxygen atoms in total. The lowest BCUT2D eigenvalue weighted by Gasteiger charge is -2.29. The molecule has 78 valence electrons. The Balaban J connectivity index is 2.14. The van der Waals surface area contributed by atoms with Gasteiger partial charge < -0.3 is 15.8 Å². The number of hydrogen-bond acceptors (Lipinski definition) is 3. The molecule has 0 spiro atoms. The average molecular weight is 186 g/mol. The van der Waals surface area contributed by atoms with Crippen LogP contribution in [0.1, 0.15) is 32.6 Å². The lowest BCUT2D eigenvalue weighted by molar-refractivity contribution is 0.161. The van der Waals surface area contributed by atoms with Gasteiger partial charge in [-0.05, 0) is 32.6 Å². The van der Waals surface area contributed by atoms with E-state index in [0.717, 1.165) is 19.4 Å². The summed E-state index contributed by atoms with van der Waals surface area (Å²) in [6, 6.07) is 1.56. The third-order valence-corrected chi connectivity index (χ3v) is 2.71. The second kappa shape index (κ2) is 5.58. The van der Waals surface area contributed by atoms with Crippen LogP contribution in [-0.4, -0.2) is 31.8 Å². The maximum Gasteiger partial charge on any atom is 0.0613 e. The van der Waals surface area contributed by atoms with Gasteiger partial charge in [0.25, 0.3) is 0 Å². The van der Waals surface area contributed by atoms with Gasteiger partial charge in [-0.3, -0.25) is 0 Å². The van der Waals surface area contributed by atoms with Crippen LogP contribution in [0.15, 0.2) is 0 Å². The van der Waals surface area contributed by atoms with Crippen LogP contribution in [0.5, 0.6) is 0 Å². The van der Waals surface area contributed by atoms with Gasteiger partial charge in [0.05, 0.1) is 6.61 Å². The molecule has 3 N–H and O–H groups in total. The molecule has 0 aromatic rings. The quantitative estimate of drug-likeness (QED) is 0.685. The predicted molar refractivity (Wildman–Crippen MR) is 54.7 cm³/mol. The van der Waals surface area contributed by atoms with Crippen molar-refractivity contribution in [1.82, 2.24) is 5.32 Å². The van der Waals surface area contributed by atoms with Crippen LogP contribution in [0, 0.1) is 0 Å². The van der Waals surface area contributed by atoms with Gasteiger partial charge in [-0.1, -0.05) is 0 Å². The zero-order chi connectivity index (χ0) is 9.68. The molecule has 1 fully saturated rings. The third-order valence-electron chi connectivity index (χ3n) is 2.71. The SMILES string of the molecule is COC[C@@H](C)NC1CCC(N)CC1. The molecule has 0 amide bonds. The van der Waals surface area contributed by atoms with Crippen LogP contribution >= 0.6 is 0 Å². The van der Waals surface area contributed by atoms with Crippen LogP contribution < -0.4 is 11.1 Å². The lowest BCUT2D eigenvalue weighted by Crippen LogP contribution is -2.43. The van der Waals surface area contributed by atoms with Crippen molar-refractivity contribution >= 4 is 0 Å². The van der Waals surface area contributed by atoms with Gasteiger partial charge in [-0.25, -0.2) is 0 Å². The first-order valence-electron chi connectivity index (χ1n) is 5.23. The largest absolute Gasteiger partial charge is 0.383 e. The number of hydrogen-bond donors (Lipinski definition) is 2. The van der Waals surface area contributed by atoms with E-state index in [-0.39, 0.29) is 0 Å².